The molecule has 0 N–H and O–H groups in total. The SMILES string of the molecule is N#Cc1ccccc1-n1ccc(C2CC2)n1. The summed E-state index contributed by atoms with van der Waals surface area (Å²) < 4.78 is 1.80. The van der Waals surface area contributed by atoms with E-state index in [1.165, 1.54) is 12.8 Å². The van der Waals surface area contributed by atoms with Crippen LogP contribution in [-0.4, -0.2) is 9.78 Å². The van der Waals surface area contributed by atoms with Crippen LogP contribution < -0.4 is 0 Å². The van der Waals surface area contributed by atoms with Gasteiger partial charge in [0.1, 0.15) is 6.07 Å². The molecule has 0 aliphatic heterocycles. The highest BCUT2D eigenvalue weighted by molar-refractivity contribution is 5.48. The average molecular weight is 209 g/mol. The third-order valence-electron chi connectivity index (χ3n) is 2.88. The summed E-state index contributed by atoms with van der Waals surface area (Å²) >= 11 is 0. The summed E-state index contributed by atoms with van der Waals surface area (Å²) in [4.78, 5) is 0. The van der Waals surface area contributed by atoms with Gasteiger partial charge in [0.15, 0.2) is 0 Å². The van der Waals surface area contributed by atoms with Crippen LogP contribution in [0.2, 0.25) is 0 Å². The van der Waals surface area contributed by atoms with Crippen LogP contribution in [0, 0.1) is 11.3 Å². The molecule has 0 atom stereocenters. The quantitative estimate of drug-likeness (QED) is 0.762. The second-order valence-electron chi connectivity index (χ2n) is 4.09. The molecule has 1 aliphatic rings. The maximum atomic E-state index is 9.02. The molecule has 0 spiro atoms. The smallest absolute Gasteiger partial charge is 0.101 e. The van der Waals surface area contributed by atoms with Gasteiger partial charge in [-0.1, -0.05) is 12.1 Å². The van der Waals surface area contributed by atoms with Gasteiger partial charge in [-0.25, -0.2) is 4.68 Å². The number of hydrogen-bond acceptors (Lipinski definition) is 2. The first-order chi connectivity index (χ1) is 7.88. The van der Waals surface area contributed by atoms with Crippen LogP contribution in [0.25, 0.3) is 5.69 Å². The van der Waals surface area contributed by atoms with Gasteiger partial charge in [0.05, 0.1) is 16.9 Å². The summed E-state index contributed by atoms with van der Waals surface area (Å²) in [6, 6.07) is 11.8. The van der Waals surface area contributed by atoms with Crippen LogP contribution in [-0.2, 0) is 0 Å². The van der Waals surface area contributed by atoms with Crippen molar-refractivity contribution in [2.24, 2.45) is 0 Å². The predicted molar refractivity (Wildman–Crippen MR) is 60.3 cm³/mol. The highest BCUT2D eigenvalue weighted by Crippen LogP contribution is 2.39. The van der Waals surface area contributed by atoms with Gasteiger partial charge >= 0.3 is 0 Å². The number of rotatable bonds is 2. The fourth-order valence-electron chi connectivity index (χ4n) is 1.84. The maximum Gasteiger partial charge on any atom is 0.101 e. The fraction of sp³-hybridized carbons (Fsp3) is 0.231. The molecule has 3 nitrogen and oxygen atoms in total. The zero-order chi connectivity index (χ0) is 11.0. The van der Waals surface area contributed by atoms with Gasteiger partial charge in [-0.05, 0) is 31.0 Å². The lowest BCUT2D eigenvalue weighted by Gasteiger charge is -2.02. The summed E-state index contributed by atoms with van der Waals surface area (Å²) in [6.45, 7) is 0. The Morgan fingerprint density at radius 2 is 2.06 bits per heavy atom. The minimum Gasteiger partial charge on any atom is -0.239 e. The van der Waals surface area contributed by atoms with E-state index in [0.717, 1.165) is 11.4 Å². The van der Waals surface area contributed by atoms with E-state index in [-0.39, 0.29) is 0 Å². The lowest BCUT2D eigenvalue weighted by Crippen LogP contribution is -1.98. The molecule has 2 aromatic rings. The van der Waals surface area contributed by atoms with E-state index < -0.39 is 0 Å². The van der Waals surface area contributed by atoms with Crippen LogP contribution in [0.15, 0.2) is 36.5 Å². The maximum absolute atomic E-state index is 9.02. The van der Waals surface area contributed by atoms with Crippen molar-refractivity contribution in [3.8, 4) is 11.8 Å². The third kappa shape index (κ3) is 1.49. The number of nitriles is 1. The van der Waals surface area contributed by atoms with Crippen LogP contribution in [0.3, 0.4) is 0 Å². The van der Waals surface area contributed by atoms with E-state index in [4.69, 9.17) is 5.26 Å². The van der Waals surface area contributed by atoms with Crippen molar-refractivity contribution in [3.05, 3.63) is 47.8 Å². The molecular weight excluding hydrogens is 198 g/mol. The van der Waals surface area contributed by atoms with Gasteiger partial charge in [0.25, 0.3) is 0 Å². The number of nitrogens with zero attached hydrogens (tertiary/aromatic N) is 3. The first-order valence-corrected chi connectivity index (χ1v) is 5.43. The average Bonchev–Trinajstić information content (AvgIpc) is 3.07. The topological polar surface area (TPSA) is 41.6 Å². The lowest BCUT2D eigenvalue weighted by molar-refractivity contribution is 0.835. The van der Waals surface area contributed by atoms with Gasteiger partial charge in [-0.3, -0.25) is 0 Å². The first-order valence-electron chi connectivity index (χ1n) is 5.43. The molecule has 1 fully saturated rings. The summed E-state index contributed by atoms with van der Waals surface area (Å²) in [5, 5.41) is 13.5. The van der Waals surface area contributed by atoms with Gasteiger partial charge in [0.2, 0.25) is 0 Å². The molecular formula is C13H11N3. The van der Waals surface area contributed by atoms with Crippen molar-refractivity contribution in [2.75, 3.05) is 0 Å². The number of para-hydroxylation sites is 1. The first kappa shape index (κ1) is 9.17. The number of hydrogen-bond donors (Lipinski definition) is 0. The summed E-state index contributed by atoms with van der Waals surface area (Å²) in [5.74, 6) is 0.649. The predicted octanol–water partition coefficient (Wildman–Crippen LogP) is 2.62. The highest BCUT2D eigenvalue weighted by atomic mass is 15.3. The molecule has 1 heterocycles. The Bertz CT molecular complexity index is 559. The second kappa shape index (κ2) is 3.49. The molecule has 0 amide bonds. The van der Waals surface area contributed by atoms with E-state index in [9.17, 15) is 0 Å². The number of benzene rings is 1. The van der Waals surface area contributed by atoms with E-state index in [0.29, 0.717) is 11.5 Å². The van der Waals surface area contributed by atoms with Gasteiger partial charge in [-0.15, -0.1) is 0 Å². The van der Waals surface area contributed by atoms with Crippen molar-refractivity contribution in [3.63, 3.8) is 0 Å². The molecule has 3 rings (SSSR count). The normalized spacial score (nSPS) is 14.7. The Morgan fingerprint density at radius 1 is 1.25 bits per heavy atom. The molecule has 1 aromatic carbocycles. The largest absolute Gasteiger partial charge is 0.239 e. The molecule has 0 radical (unpaired) electrons. The monoisotopic (exact) mass is 209 g/mol. The van der Waals surface area contributed by atoms with Gasteiger partial charge < -0.3 is 0 Å². The number of aromatic nitrogens is 2. The van der Waals surface area contributed by atoms with Crippen molar-refractivity contribution < 1.29 is 0 Å². The van der Waals surface area contributed by atoms with E-state index in [1.54, 1.807) is 4.68 Å². The van der Waals surface area contributed by atoms with Gasteiger partial charge in [-0.2, -0.15) is 10.4 Å². The summed E-state index contributed by atoms with van der Waals surface area (Å²) in [5.41, 5.74) is 2.66. The molecule has 0 bridgehead atoms. The summed E-state index contributed by atoms with van der Waals surface area (Å²) in [6.07, 6.45) is 4.43. The van der Waals surface area contributed by atoms with Crippen LogP contribution in [0.5, 0.6) is 0 Å². The van der Waals surface area contributed by atoms with Crippen LogP contribution in [0.1, 0.15) is 30.0 Å². The molecule has 1 saturated carbocycles. The zero-order valence-corrected chi connectivity index (χ0v) is 8.80. The van der Waals surface area contributed by atoms with Crippen molar-refractivity contribution >= 4 is 0 Å². The van der Waals surface area contributed by atoms with E-state index >= 15 is 0 Å². The molecule has 3 heteroatoms. The molecule has 1 aliphatic carbocycles. The van der Waals surface area contributed by atoms with E-state index in [1.807, 2.05) is 36.5 Å². The lowest BCUT2D eigenvalue weighted by atomic mass is 10.2. The van der Waals surface area contributed by atoms with Crippen molar-refractivity contribution in [2.45, 2.75) is 18.8 Å². The second-order valence-corrected chi connectivity index (χ2v) is 4.09. The molecule has 0 unspecified atom stereocenters. The van der Waals surface area contributed by atoms with Crippen molar-refractivity contribution in [1.29, 1.82) is 5.26 Å². The van der Waals surface area contributed by atoms with E-state index in [2.05, 4.69) is 11.2 Å². The Labute approximate surface area is 93.9 Å². The Kier molecular flexibility index (Phi) is 2.00. The Hall–Kier alpha value is -2.08. The fourth-order valence-corrected chi connectivity index (χ4v) is 1.84. The Morgan fingerprint density at radius 3 is 2.81 bits per heavy atom. The standard InChI is InChI=1S/C13H11N3/c14-9-11-3-1-2-4-13(11)16-8-7-12(15-16)10-5-6-10/h1-4,7-8,10H,5-6H2. The third-order valence-corrected chi connectivity index (χ3v) is 2.88. The molecule has 16 heavy (non-hydrogen) atoms. The minimum absolute atomic E-state index is 0.649. The summed E-state index contributed by atoms with van der Waals surface area (Å²) in [7, 11) is 0. The van der Waals surface area contributed by atoms with Crippen molar-refractivity contribution in [1.82, 2.24) is 9.78 Å². The van der Waals surface area contributed by atoms with Gasteiger partial charge in [0, 0.05) is 12.1 Å². The zero-order valence-electron chi connectivity index (χ0n) is 8.80. The molecule has 0 saturated heterocycles. The molecule has 78 valence electrons. The molecule has 1 aromatic heterocycles. The Balaban J connectivity index is 2.04. The minimum atomic E-state index is 0.649. The van der Waals surface area contributed by atoms with Crippen LogP contribution >= 0.6 is 0 Å². The van der Waals surface area contributed by atoms with Crippen LogP contribution in [0.4, 0.5) is 0 Å². The highest BCUT2D eigenvalue weighted by Gasteiger charge is 2.25.